The van der Waals surface area contributed by atoms with Crippen LogP contribution < -0.4 is 0 Å². The number of halogens is 1. The number of hydrogen-bond donors (Lipinski definition) is 0. The van der Waals surface area contributed by atoms with Crippen molar-refractivity contribution in [3.63, 3.8) is 0 Å². The number of rotatable bonds is 8. The molecule has 0 aromatic heterocycles. The first-order chi connectivity index (χ1) is 7.83. The summed E-state index contributed by atoms with van der Waals surface area (Å²) < 4.78 is 15.8. The van der Waals surface area contributed by atoms with Gasteiger partial charge in [0.25, 0.3) is 0 Å². The maximum Gasteiger partial charge on any atom is 0.0700 e. The summed E-state index contributed by atoms with van der Waals surface area (Å²) in [4.78, 5) is 0. The van der Waals surface area contributed by atoms with Crippen LogP contribution in [-0.2, 0) is 14.2 Å². The zero-order valence-corrected chi connectivity index (χ0v) is 11.8. The van der Waals surface area contributed by atoms with Crippen LogP contribution in [0.25, 0.3) is 0 Å². The number of hydrogen-bond acceptors (Lipinski definition) is 3. The zero-order chi connectivity index (χ0) is 11.7. The Labute approximate surface area is 107 Å². The molecular weight excluding hydrogens is 272 g/mol. The summed E-state index contributed by atoms with van der Waals surface area (Å²) in [6.45, 7) is 4.07. The molecule has 0 saturated carbocycles. The maximum absolute atomic E-state index is 5.48. The van der Waals surface area contributed by atoms with Crippen molar-refractivity contribution in [2.24, 2.45) is 5.41 Å². The van der Waals surface area contributed by atoms with Gasteiger partial charge in [0.05, 0.1) is 13.2 Å². The van der Waals surface area contributed by atoms with Gasteiger partial charge in [0.15, 0.2) is 0 Å². The van der Waals surface area contributed by atoms with E-state index in [1.807, 2.05) is 0 Å². The van der Waals surface area contributed by atoms with Crippen molar-refractivity contribution in [2.45, 2.75) is 25.7 Å². The lowest BCUT2D eigenvalue weighted by Gasteiger charge is -2.35. The second kappa shape index (κ2) is 8.45. The smallest absolute Gasteiger partial charge is 0.0700 e. The van der Waals surface area contributed by atoms with Crippen molar-refractivity contribution in [3.05, 3.63) is 0 Å². The van der Waals surface area contributed by atoms with E-state index in [2.05, 4.69) is 15.9 Å². The first-order valence-corrected chi connectivity index (χ1v) is 7.15. The topological polar surface area (TPSA) is 27.7 Å². The van der Waals surface area contributed by atoms with Crippen LogP contribution in [0.4, 0.5) is 0 Å². The van der Waals surface area contributed by atoms with E-state index in [1.54, 1.807) is 7.11 Å². The molecule has 1 heterocycles. The quantitative estimate of drug-likeness (QED) is 0.509. The summed E-state index contributed by atoms with van der Waals surface area (Å²) in [5, 5.41) is 1.08. The van der Waals surface area contributed by atoms with Gasteiger partial charge >= 0.3 is 0 Å². The fourth-order valence-electron chi connectivity index (χ4n) is 2.05. The van der Waals surface area contributed by atoms with Crippen LogP contribution in [0.15, 0.2) is 0 Å². The Morgan fingerprint density at radius 1 is 1.19 bits per heavy atom. The maximum atomic E-state index is 5.48. The van der Waals surface area contributed by atoms with Crippen LogP contribution in [-0.4, -0.2) is 45.5 Å². The lowest BCUT2D eigenvalue weighted by atomic mass is 9.78. The summed E-state index contributed by atoms with van der Waals surface area (Å²) in [5.74, 6) is 0. The normalized spacial score (nSPS) is 19.9. The minimum atomic E-state index is 0.447. The lowest BCUT2D eigenvalue weighted by molar-refractivity contribution is 0.0142. The van der Waals surface area contributed by atoms with Gasteiger partial charge in [0.1, 0.15) is 0 Å². The van der Waals surface area contributed by atoms with Crippen LogP contribution in [0.1, 0.15) is 25.7 Å². The molecule has 3 nitrogen and oxygen atoms in total. The van der Waals surface area contributed by atoms with Gasteiger partial charge in [-0.2, -0.15) is 0 Å². The summed E-state index contributed by atoms with van der Waals surface area (Å²) >= 11 is 3.65. The van der Waals surface area contributed by atoms with Gasteiger partial charge in [-0.25, -0.2) is 0 Å². The highest BCUT2D eigenvalue weighted by Gasteiger charge is 2.30. The van der Waals surface area contributed by atoms with E-state index in [1.165, 1.54) is 19.3 Å². The van der Waals surface area contributed by atoms with Crippen LogP contribution in [0, 0.1) is 5.41 Å². The molecule has 0 unspecified atom stereocenters. The molecular formula is C12H23BrO3. The number of methoxy groups -OCH3 is 1. The Morgan fingerprint density at radius 3 is 2.56 bits per heavy atom. The highest BCUT2D eigenvalue weighted by atomic mass is 79.9. The third kappa shape index (κ3) is 5.13. The largest absolute Gasteiger partial charge is 0.382 e. The molecule has 0 bridgehead atoms. The zero-order valence-electron chi connectivity index (χ0n) is 10.2. The lowest BCUT2D eigenvalue weighted by Crippen LogP contribution is -2.31. The summed E-state index contributed by atoms with van der Waals surface area (Å²) in [5.41, 5.74) is 0.447. The molecule has 0 N–H and O–H groups in total. The van der Waals surface area contributed by atoms with E-state index in [4.69, 9.17) is 14.2 Å². The van der Waals surface area contributed by atoms with Gasteiger partial charge < -0.3 is 14.2 Å². The van der Waals surface area contributed by atoms with Crippen molar-refractivity contribution in [2.75, 3.05) is 45.5 Å². The predicted molar refractivity (Wildman–Crippen MR) is 68.2 cm³/mol. The van der Waals surface area contributed by atoms with Crippen molar-refractivity contribution in [3.8, 4) is 0 Å². The summed E-state index contributed by atoms with van der Waals surface area (Å²) in [7, 11) is 1.70. The minimum Gasteiger partial charge on any atom is -0.382 e. The van der Waals surface area contributed by atoms with Crippen LogP contribution >= 0.6 is 15.9 Å². The van der Waals surface area contributed by atoms with Crippen molar-refractivity contribution >= 4 is 15.9 Å². The summed E-state index contributed by atoms with van der Waals surface area (Å²) in [6.07, 6.45) is 4.72. The van der Waals surface area contributed by atoms with Crippen molar-refractivity contribution in [1.82, 2.24) is 0 Å². The molecule has 1 aliphatic rings. The highest BCUT2D eigenvalue weighted by molar-refractivity contribution is 9.09. The van der Waals surface area contributed by atoms with E-state index < -0.39 is 0 Å². The summed E-state index contributed by atoms with van der Waals surface area (Å²) in [6, 6.07) is 0. The van der Waals surface area contributed by atoms with Crippen molar-refractivity contribution < 1.29 is 14.2 Å². The van der Waals surface area contributed by atoms with Crippen molar-refractivity contribution in [1.29, 1.82) is 0 Å². The monoisotopic (exact) mass is 294 g/mol. The van der Waals surface area contributed by atoms with Gasteiger partial charge in [0.2, 0.25) is 0 Å². The first-order valence-electron chi connectivity index (χ1n) is 6.03. The van der Waals surface area contributed by atoms with Gasteiger partial charge in [-0.3, -0.25) is 0 Å². The van der Waals surface area contributed by atoms with Gasteiger partial charge in [-0.15, -0.1) is 0 Å². The van der Waals surface area contributed by atoms with E-state index in [0.29, 0.717) is 18.6 Å². The van der Waals surface area contributed by atoms with Crippen LogP contribution in [0.5, 0.6) is 0 Å². The SMILES string of the molecule is COCCOCCCC1(CBr)CCOCC1. The third-order valence-corrected chi connectivity index (χ3v) is 4.45. The molecule has 16 heavy (non-hydrogen) atoms. The Kier molecular flexibility index (Phi) is 7.62. The molecule has 0 aliphatic carbocycles. The van der Waals surface area contributed by atoms with Crippen LogP contribution in [0.3, 0.4) is 0 Å². The second-order valence-corrected chi connectivity index (χ2v) is 5.02. The molecule has 1 rings (SSSR count). The molecule has 1 saturated heterocycles. The molecule has 96 valence electrons. The van der Waals surface area contributed by atoms with E-state index >= 15 is 0 Å². The fourth-order valence-corrected chi connectivity index (χ4v) is 2.89. The molecule has 0 amide bonds. The number of ether oxygens (including phenoxy) is 3. The molecule has 4 heteroatoms. The second-order valence-electron chi connectivity index (χ2n) is 4.45. The Morgan fingerprint density at radius 2 is 1.94 bits per heavy atom. The average molecular weight is 295 g/mol. The Bertz CT molecular complexity index is 170. The van der Waals surface area contributed by atoms with Crippen LogP contribution in [0.2, 0.25) is 0 Å². The predicted octanol–water partition coefficient (Wildman–Crippen LogP) is 2.62. The van der Waals surface area contributed by atoms with E-state index in [9.17, 15) is 0 Å². The van der Waals surface area contributed by atoms with Gasteiger partial charge in [-0.05, 0) is 31.1 Å². The molecule has 0 aromatic carbocycles. The van der Waals surface area contributed by atoms with E-state index in [-0.39, 0.29) is 0 Å². The fraction of sp³-hybridized carbons (Fsp3) is 1.00. The van der Waals surface area contributed by atoms with E-state index in [0.717, 1.165) is 31.6 Å². The average Bonchev–Trinajstić information content (AvgIpc) is 2.35. The molecule has 1 fully saturated rings. The minimum absolute atomic E-state index is 0.447. The highest BCUT2D eigenvalue weighted by Crippen LogP contribution is 2.36. The van der Waals surface area contributed by atoms with Gasteiger partial charge in [0, 0.05) is 32.3 Å². The first kappa shape index (κ1) is 14.4. The molecule has 0 aromatic rings. The molecule has 0 radical (unpaired) electrons. The standard InChI is InChI=1S/C12H23BrO3/c1-14-9-10-15-6-2-3-12(11-13)4-7-16-8-5-12/h2-11H2,1H3. The number of alkyl halides is 1. The molecule has 1 aliphatic heterocycles. The Hall–Kier alpha value is 0.360. The third-order valence-electron chi connectivity index (χ3n) is 3.26. The molecule has 0 spiro atoms. The molecule has 0 atom stereocenters. The van der Waals surface area contributed by atoms with Gasteiger partial charge in [-0.1, -0.05) is 15.9 Å². The Balaban J connectivity index is 2.08.